The number of nitrogens with zero attached hydrogens (tertiary/aromatic N) is 1. The minimum atomic E-state index is -0.923. The molecule has 1 aromatic rings. The van der Waals surface area contributed by atoms with Crippen LogP contribution in [0, 0.1) is 0 Å². The molecule has 70 valence electrons. The monoisotopic (exact) mass is 184 g/mol. The van der Waals surface area contributed by atoms with Crippen molar-refractivity contribution in [2.45, 2.75) is 6.61 Å². The first-order valence-electron chi connectivity index (χ1n) is 3.42. The van der Waals surface area contributed by atoms with Crippen molar-refractivity contribution in [1.29, 1.82) is 0 Å². The molecule has 1 aromatic heterocycles. The molecule has 0 bridgehead atoms. The molecule has 4 N–H and O–H groups in total. The van der Waals surface area contributed by atoms with Crippen LogP contribution in [0.4, 0.5) is 0 Å². The van der Waals surface area contributed by atoms with Crippen molar-refractivity contribution in [2.24, 2.45) is 0 Å². The number of nitrogens with one attached hydrogen (secondary N) is 1. The van der Waals surface area contributed by atoms with Gasteiger partial charge >= 0.3 is 0 Å². The van der Waals surface area contributed by atoms with Crippen LogP contribution in [0.5, 0.6) is 5.75 Å². The summed E-state index contributed by atoms with van der Waals surface area (Å²) in [5.41, 5.74) is 1.18. The van der Waals surface area contributed by atoms with Crippen LogP contribution in [0.2, 0.25) is 0 Å². The molecule has 0 unspecified atom stereocenters. The number of carbonyl (C=O) groups is 1. The van der Waals surface area contributed by atoms with E-state index in [2.05, 4.69) is 4.98 Å². The molecule has 1 amide bonds. The van der Waals surface area contributed by atoms with E-state index >= 15 is 0 Å². The van der Waals surface area contributed by atoms with Crippen molar-refractivity contribution in [1.82, 2.24) is 10.5 Å². The Bertz CT molecular complexity index is 326. The van der Waals surface area contributed by atoms with Crippen LogP contribution in [-0.4, -0.2) is 26.3 Å². The second-order valence-corrected chi connectivity index (χ2v) is 2.27. The first-order valence-corrected chi connectivity index (χ1v) is 3.42. The van der Waals surface area contributed by atoms with Crippen LogP contribution in [0.15, 0.2) is 12.3 Å². The van der Waals surface area contributed by atoms with Crippen molar-refractivity contribution in [3.63, 3.8) is 0 Å². The van der Waals surface area contributed by atoms with Gasteiger partial charge in [-0.15, -0.1) is 0 Å². The molecule has 6 nitrogen and oxygen atoms in total. The van der Waals surface area contributed by atoms with Gasteiger partial charge in [0.25, 0.3) is 5.91 Å². The molecule has 0 aliphatic rings. The molecule has 0 aliphatic heterocycles. The van der Waals surface area contributed by atoms with E-state index < -0.39 is 18.3 Å². The van der Waals surface area contributed by atoms with Gasteiger partial charge in [-0.05, 0) is 6.07 Å². The summed E-state index contributed by atoms with van der Waals surface area (Å²) in [5.74, 6) is -1.36. The second kappa shape index (κ2) is 3.83. The number of aliphatic hydroxyl groups excluding tert-OH is 1. The van der Waals surface area contributed by atoms with Gasteiger partial charge in [-0.2, -0.15) is 0 Å². The number of aliphatic hydroxyl groups is 1. The van der Waals surface area contributed by atoms with E-state index in [4.69, 9.17) is 10.3 Å². The van der Waals surface area contributed by atoms with Crippen molar-refractivity contribution in [3.8, 4) is 5.75 Å². The van der Waals surface area contributed by atoms with Crippen molar-refractivity contribution in [2.75, 3.05) is 0 Å². The Labute approximate surface area is 73.4 Å². The van der Waals surface area contributed by atoms with Crippen LogP contribution in [0.3, 0.4) is 0 Å². The van der Waals surface area contributed by atoms with Crippen molar-refractivity contribution < 1.29 is 20.2 Å². The van der Waals surface area contributed by atoms with Gasteiger partial charge in [-0.3, -0.25) is 10.0 Å². The molecule has 0 spiro atoms. The average molecular weight is 184 g/mol. The number of hydrogen-bond donors (Lipinski definition) is 4. The zero-order valence-corrected chi connectivity index (χ0v) is 6.56. The van der Waals surface area contributed by atoms with E-state index in [1.807, 2.05) is 0 Å². The lowest BCUT2D eigenvalue weighted by Gasteiger charge is -2.04. The zero-order valence-electron chi connectivity index (χ0n) is 6.56. The fraction of sp³-hybridized carbons (Fsp3) is 0.143. The van der Waals surface area contributed by atoms with E-state index in [1.165, 1.54) is 17.7 Å². The molecule has 0 atom stereocenters. The van der Waals surface area contributed by atoms with Gasteiger partial charge in [-0.25, -0.2) is 10.5 Å². The van der Waals surface area contributed by atoms with Gasteiger partial charge in [0.15, 0.2) is 11.4 Å². The summed E-state index contributed by atoms with van der Waals surface area (Å²) in [4.78, 5) is 14.4. The Morgan fingerprint density at radius 1 is 1.62 bits per heavy atom. The molecule has 1 heterocycles. The Morgan fingerprint density at radius 2 is 2.31 bits per heavy atom. The molecule has 0 saturated carbocycles. The minimum absolute atomic E-state index is 0.175. The highest BCUT2D eigenvalue weighted by Gasteiger charge is 2.14. The highest BCUT2D eigenvalue weighted by Crippen LogP contribution is 2.19. The quantitative estimate of drug-likeness (QED) is 0.363. The number of carbonyl (C=O) groups excluding carboxylic acids is 1. The van der Waals surface area contributed by atoms with E-state index in [9.17, 15) is 9.90 Å². The number of aromatic nitrogens is 1. The van der Waals surface area contributed by atoms with Crippen LogP contribution >= 0.6 is 0 Å². The average Bonchev–Trinajstić information content (AvgIpc) is 2.17. The van der Waals surface area contributed by atoms with Gasteiger partial charge in [0.1, 0.15) is 0 Å². The first-order chi connectivity index (χ1) is 6.20. The smallest absolute Gasteiger partial charge is 0.297 e. The van der Waals surface area contributed by atoms with Gasteiger partial charge in [0.05, 0.1) is 6.61 Å². The summed E-state index contributed by atoms with van der Waals surface area (Å²) < 4.78 is 0. The number of aromatic hydroxyl groups is 1. The standard InChI is InChI=1S/C7H8N2O4/c10-3-4-1-2-8-5(6(4)11)7(12)9-13/h1-2,10-11,13H,3H2,(H,9,12). The predicted molar refractivity (Wildman–Crippen MR) is 41.1 cm³/mol. The summed E-state index contributed by atoms with van der Waals surface area (Å²) in [6.45, 7) is -0.403. The zero-order chi connectivity index (χ0) is 9.84. The fourth-order valence-corrected chi connectivity index (χ4v) is 0.841. The maximum atomic E-state index is 10.8. The fourth-order valence-electron chi connectivity index (χ4n) is 0.841. The molecule has 0 radical (unpaired) electrons. The van der Waals surface area contributed by atoms with Crippen LogP contribution in [0.1, 0.15) is 16.1 Å². The van der Waals surface area contributed by atoms with E-state index in [1.54, 1.807) is 0 Å². The van der Waals surface area contributed by atoms with Gasteiger partial charge in [-0.1, -0.05) is 0 Å². The summed E-state index contributed by atoms with van der Waals surface area (Å²) in [7, 11) is 0. The maximum Gasteiger partial charge on any atom is 0.297 e. The summed E-state index contributed by atoms with van der Waals surface area (Å²) in [6.07, 6.45) is 1.25. The number of hydroxylamine groups is 1. The number of pyridine rings is 1. The molecule has 0 fully saturated rings. The largest absolute Gasteiger partial charge is 0.505 e. The molecule has 1 rings (SSSR count). The molecule has 0 saturated heterocycles. The molecule has 6 heteroatoms. The number of amides is 1. The van der Waals surface area contributed by atoms with E-state index in [0.717, 1.165) is 0 Å². The topological polar surface area (TPSA) is 103 Å². The third kappa shape index (κ3) is 1.74. The van der Waals surface area contributed by atoms with Crippen LogP contribution in [-0.2, 0) is 6.61 Å². The normalized spacial score (nSPS) is 9.69. The highest BCUT2D eigenvalue weighted by molar-refractivity contribution is 5.94. The van der Waals surface area contributed by atoms with Crippen LogP contribution < -0.4 is 5.48 Å². The van der Waals surface area contributed by atoms with Crippen LogP contribution in [0.25, 0.3) is 0 Å². The third-order valence-electron chi connectivity index (χ3n) is 1.49. The van der Waals surface area contributed by atoms with Gasteiger partial charge in [0, 0.05) is 11.8 Å². The minimum Gasteiger partial charge on any atom is -0.505 e. The molecule has 13 heavy (non-hydrogen) atoms. The SMILES string of the molecule is O=C(NO)c1nccc(CO)c1O. The van der Waals surface area contributed by atoms with Gasteiger partial charge in [0.2, 0.25) is 0 Å². The maximum absolute atomic E-state index is 10.8. The number of hydrogen-bond acceptors (Lipinski definition) is 5. The molecular weight excluding hydrogens is 176 g/mol. The third-order valence-corrected chi connectivity index (χ3v) is 1.49. The lowest BCUT2D eigenvalue weighted by Crippen LogP contribution is -2.20. The lowest BCUT2D eigenvalue weighted by atomic mass is 10.2. The Kier molecular flexibility index (Phi) is 2.78. The summed E-state index contributed by atoms with van der Waals surface area (Å²) in [5, 5.41) is 26.3. The molecular formula is C7H8N2O4. The Hall–Kier alpha value is -1.66. The van der Waals surface area contributed by atoms with Crippen molar-refractivity contribution in [3.05, 3.63) is 23.5 Å². The van der Waals surface area contributed by atoms with Crippen molar-refractivity contribution >= 4 is 5.91 Å². The first kappa shape index (κ1) is 9.43. The number of rotatable bonds is 2. The molecule has 0 aromatic carbocycles. The van der Waals surface area contributed by atoms with Gasteiger partial charge < -0.3 is 10.2 Å². The summed E-state index contributed by atoms with van der Waals surface area (Å²) in [6, 6.07) is 1.36. The predicted octanol–water partition coefficient (Wildman–Crippen LogP) is -0.602. The Morgan fingerprint density at radius 3 is 2.85 bits per heavy atom. The Balaban J connectivity index is 3.15. The van der Waals surface area contributed by atoms with E-state index in [-0.39, 0.29) is 11.3 Å². The molecule has 0 aliphatic carbocycles. The second-order valence-electron chi connectivity index (χ2n) is 2.27. The van der Waals surface area contributed by atoms with E-state index in [0.29, 0.717) is 0 Å². The highest BCUT2D eigenvalue weighted by atomic mass is 16.5. The lowest BCUT2D eigenvalue weighted by molar-refractivity contribution is 0.0697. The summed E-state index contributed by atoms with van der Waals surface area (Å²) >= 11 is 0.